The Balaban J connectivity index is 1.55. The van der Waals surface area contributed by atoms with Crippen LogP contribution in [0.4, 0.5) is 17.2 Å². The molecule has 0 saturated heterocycles. The number of hydrogen-bond acceptors (Lipinski definition) is 5. The average Bonchev–Trinajstić information content (AvgIpc) is 3.19. The van der Waals surface area contributed by atoms with Crippen molar-refractivity contribution in [3.8, 4) is 11.1 Å². The van der Waals surface area contributed by atoms with E-state index in [1.165, 1.54) is 53.6 Å². The SMILES string of the molecule is CN(C)c1ccc(Nc2ncnc3scc(-c4ccc5c(c4)CCCC5)c23)cc1. The van der Waals surface area contributed by atoms with E-state index in [9.17, 15) is 0 Å². The van der Waals surface area contributed by atoms with Gasteiger partial charge in [-0.2, -0.15) is 0 Å². The maximum absolute atomic E-state index is 4.58. The van der Waals surface area contributed by atoms with Gasteiger partial charge in [0.2, 0.25) is 0 Å². The van der Waals surface area contributed by atoms with E-state index < -0.39 is 0 Å². The highest BCUT2D eigenvalue weighted by molar-refractivity contribution is 7.17. The van der Waals surface area contributed by atoms with E-state index >= 15 is 0 Å². The Morgan fingerprint density at radius 1 is 0.931 bits per heavy atom. The lowest BCUT2D eigenvalue weighted by Gasteiger charge is -2.17. The van der Waals surface area contributed by atoms with E-state index in [0.717, 1.165) is 21.7 Å². The first kappa shape index (κ1) is 18.1. The molecule has 0 saturated carbocycles. The van der Waals surface area contributed by atoms with Crippen molar-refractivity contribution in [1.82, 2.24) is 9.97 Å². The largest absolute Gasteiger partial charge is 0.378 e. The summed E-state index contributed by atoms with van der Waals surface area (Å²) in [6.45, 7) is 0. The van der Waals surface area contributed by atoms with Crippen LogP contribution in [-0.2, 0) is 12.8 Å². The van der Waals surface area contributed by atoms with Crippen molar-refractivity contribution in [2.24, 2.45) is 0 Å². The molecule has 0 unspecified atom stereocenters. The number of fused-ring (bicyclic) bond motifs is 2. The number of thiophene rings is 1. The van der Waals surface area contributed by atoms with E-state index in [0.29, 0.717) is 0 Å². The standard InChI is InChI=1S/C24H24N4S/c1-28(2)20-11-9-19(10-12-20)27-23-22-21(14-29-24(22)26-15-25-23)18-8-7-16-5-3-4-6-17(16)13-18/h7-15H,3-6H2,1-2H3,(H,25,26,27). The van der Waals surface area contributed by atoms with Crippen molar-refractivity contribution in [2.75, 3.05) is 24.3 Å². The molecule has 1 aliphatic rings. The summed E-state index contributed by atoms with van der Waals surface area (Å²) in [5.74, 6) is 0.863. The van der Waals surface area contributed by atoms with Crippen LogP contribution in [0.5, 0.6) is 0 Å². The lowest BCUT2D eigenvalue weighted by molar-refractivity contribution is 0.686. The summed E-state index contributed by atoms with van der Waals surface area (Å²) in [6, 6.07) is 15.3. The number of hydrogen-bond donors (Lipinski definition) is 1. The first-order valence-electron chi connectivity index (χ1n) is 10.1. The van der Waals surface area contributed by atoms with Crippen LogP contribution in [0.2, 0.25) is 0 Å². The van der Waals surface area contributed by atoms with Gasteiger partial charge < -0.3 is 10.2 Å². The zero-order valence-corrected chi connectivity index (χ0v) is 17.6. The maximum atomic E-state index is 4.58. The summed E-state index contributed by atoms with van der Waals surface area (Å²) < 4.78 is 0. The number of aryl methyl sites for hydroxylation is 2. The van der Waals surface area contributed by atoms with Crippen LogP contribution >= 0.6 is 11.3 Å². The third kappa shape index (κ3) is 3.47. The van der Waals surface area contributed by atoms with Crippen LogP contribution in [-0.4, -0.2) is 24.1 Å². The molecule has 29 heavy (non-hydrogen) atoms. The molecule has 0 fully saturated rings. The summed E-state index contributed by atoms with van der Waals surface area (Å²) in [5, 5.41) is 6.82. The van der Waals surface area contributed by atoms with Crippen molar-refractivity contribution < 1.29 is 0 Å². The van der Waals surface area contributed by atoms with E-state index in [-0.39, 0.29) is 0 Å². The van der Waals surface area contributed by atoms with Crippen LogP contribution in [0.25, 0.3) is 21.3 Å². The number of rotatable bonds is 4. The smallest absolute Gasteiger partial charge is 0.143 e. The monoisotopic (exact) mass is 400 g/mol. The quantitative estimate of drug-likeness (QED) is 0.453. The third-order valence-corrected chi connectivity index (χ3v) is 6.56. The molecular formula is C24H24N4S. The second-order valence-corrected chi connectivity index (χ2v) is 8.67. The van der Waals surface area contributed by atoms with Crippen LogP contribution in [0.3, 0.4) is 0 Å². The van der Waals surface area contributed by atoms with Crippen molar-refractivity contribution in [3.05, 3.63) is 65.3 Å². The van der Waals surface area contributed by atoms with Crippen LogP contribution in [0.1, 0.15) is 24.0 Å². The lowest BCUT2D eigenvalue weighted by atomic mass is 9.89. The number of nitrogens with zero attached hydrogens (tertiary/aromatic N) is 3. The fraction of sp³-hybridized carbons (Fsp3) is 0.250. The second-order valence-electron chi connectivity index (χ2n) is 7.81. The van der Waals surface area contributed by atoms with Gasteiger partial charge in [0.1, 0.15) is 17.0 Å². The van der Waals surface area contributed by atoms with Gasteiger partial charge in [-0.1, -0.05) is 18.2 Å². The van der Waals surface area contributed by atoms with Gasteiger partial charge >= 0.3 is 0 Å². The Bertz CT molecular complexity index is 1160. The molecule has 2 aromatic heterocycles. The highest BCUT2D eigenvalue weighted by Gasteiger charge is 2.16. The summed E-state index contributed by atoms with van der Waals surface area (Å²) in [6.07, 6.45) is 6.64. The van der Waals surface area contributed by atoms with Gasteiger partial charge in [-0.15, -0.1) is 11.3 Å². The first-order chi connectivity index (χ1) is 14.2. The molecule has 0 aliphatic heterocycles. The van der Waals surface area contributed by atoms with Crippen molar-refractivity contribution in [2.45, 2.75) is 25.7 Å². The molecule has 1 aliphatic carbocycles. The molecular weight excluding hydrogens is 376 g/mol. The van der Waals surface area contributed by atoms with Gasteiger partial charge in [-0.3, -0.25) is 0 Å². The highest BCUT2D eigenvalue weighted by atomic mass is 32.1. The summed E-state index contributed by atoms with van der Waals surface area (Å²) >= 11 is 1.68. The molecule has 1 N–H and O–H groups in total. The normalized spacial score (nSPS) is 13.3. The van der Waals surface area contributed by atoms with Gasteiger partial charge in [0.25, 0.3) is 0 Å². The van der Waals surface area contributed by atoms with E-state index in [1.807, 2.05) is 14.1 Å². The van der Waals surface area contributed by atoms with Gasteiger partial charge in [0, 0.05) is 36.4 Å². The predicted octanol–water partition coefficient (Wildman–Crippen LogP) is 6.05. The molecule has 0 spiro atoms. The molecule has 2 heterocycles. The minimum Gasteiger partial charge on any atom is -0.378 e. The fourth-order valence-corrected chi connectivity index (χ4v) is 4.98. The number of benzene rings is 2. The highest BCUT2D eigenvalue weighted by Crippen LogP contribution is 2.38. The van der Waals surface area contributed by atoms with Gasteiger partial charge in [0.15, 0.2) is 0 Å². The Morgan fingerprint density at radius 3 is 2.52 bits per heavy atom. The Kier molecular flexibility index (Phi) is 4.68. The van der Waals surface area contributed by atoms with E-state index in [1.54, 1.807) is 17.7 Å². The molecule has 5 heteroatoms. The maximum Gasteiger partial charge on any atom is 0.143 e. The predicted molar refractivity (Wildman–Crippen MR) is 124 cm³/mol. The average molecular weight is 401 g/mol. The Hall–Kier alpha value is -2.92. The molecule has 0 radical (unpaired) electrons. The first-order valence-corrected chi connectivity index (χ1v) is 11.0. The number of anilines is 3. The van der Waals surface area contributed by atoms with Crippen molar-refractivity contribution in [3.63, 3.8) is 0 Å². The van der Waals surface area contributed by atoms with Crippen LogP contribution in [0, 0.1) is 0 Å². The molecule has 0 bridgehead atoms. The van der Waals surface area contributed by atoms with E-state index in [2.05, 4.69) is 68.0 Å². The number of aromatic nitrogens is 2. The Morgan fingerprint density at radius 2 is 1.72 bits per heavy atom. The lowest BCUT2D eigenvalue weighted by Crippen LogP contribution is -2.08. The minimum absolute atomic E-state index is 0.863. The second kappa shape index (κ2) is 7.48. The summed E-state index contributed by atoms with van der Waals surface area (Å²) in [5.41, 5.74) is 7.68. The molecule has 0 amide bonds. The molecule has 4 nitrogen and oxygen atoms in total. The van der Waals surface area contributed by atoms with Crippen molar-refractivity contribution in [1.29, 1.82) is 0 Å². The van der Waals surface area contributed by atoms with Gasteiger partial charge in [0.05, 0.1) is 5.39 Å². The summed E-state index contributed by atoms with van der Waals surface area (Å²) in [4.78, 5) is 12.2. The topological polar surface area (TPSA) is 41.0 Å². The van der Waals surface area contributed by atoms with Crippen LogP contribution in [0.15, 0.2) is 54.2 Å². The number of nitrogens with one attached hydrogen (secondary N) is 1. The third-order valence-electron chi connectivity index (χ3n) is 5.68. The zero-order chi connectivity index (χ0) is 19.8. The summed E-state index contributed by atoms with van der Waals surface area (Å²) in [7, 11) is 4.10. The van der Waals surface area contributed by atoms with Gasteiger partial charge in [-0.25, -0.2) is 9.97 Å². The van der Waals surface area contributed by atoms with Gasteiger partial charge in [-0.05, 0) is 66.6 Å². The molecule has 2 aromatic carbocycles. The van der Waals surface area contributed by atoms with E-state index in [4.69, 9.17) is 0 Å². The molecule has 146 valence electrons. The zero-order valence-electron chi connectivity index (χ0n) is 16.8. The fourth-order valence-electron chi connectivity index (χ4n) is 4.06. The molecule has 0 atom stereocenters. The van der Waals surface area contributed by atoms with Crippen molar-refractivity contribution >= 4 is 38.7 Å². The minimum atomic E-state index is 0.863. The van der Waals surface area contributed by atoms with Crippen LogP contribution < -0.4 is 10.2 Å². The molecule has 4 aromatic rings. The molecule has 5 rings (SSSR count). The Labute approximate surface area is 175 Å².